The Hall–Kier alpha value is -0.910. The summed E-state index contributed by atoms with van der Waals surface area (Å²) in [6, 6.07) is 2.59. The Morgan fingerprint density at radius 2 is 2.00 bits per heavy atom. The van der Waals surface area contributed by atoms with Gasteiger partial charge in [-0.3, -0.25) is 0 Å². The van der Waals surface area contributed by atoms with Crippen LogP contribution in [0.3, 0.4) is 0 Å². The molecule has 0 bridgehead atoms. The van der Waals surface area contributed by atoms with Gasteiger partial charge in [-0.1, -0.05) is 13.3 Å². The Morgan fingerprint density at radius 3 is 2.50 bits per heavy atom. The van der Waals surface area contributed by atoms with Crippen LogP contribution in [0.4, 0.5) is 0 Å². The van der Waals surface area contributed by atoms with Gasteiger partial charge < -0.3 is 0 Å². The van der Waals surface area contributed by atoms with E-state index in [1.807, 2.05) is 6.92 Å². The molecule has 1 unspecified atom stereocenters. The number of hydrogen-bond donors (Lipinski definition) is 0. The van der Waals surface area contributed by atoms with E-state index in [0.717, 1.165) is 32.1 Å². The maximum atomic E-state index is 9.12. The predicted molar refractivity (Wildman–Crippen MR) is 56.0 cm³/mol. The highest BCUT2D eigenvalue weighted by atomic mass is 15.2. The van der Waals surface area contributed by atoms with Crippen molar-refractivity contribution in [1.82, 2.24) is 0 Å². The molecule has 3 heteroatoms. The molecule has 1 atom stereocenters. The van der Waals surface area contributed by atoms with Crippen molar-refractivity contribution in [3.8, 4) is 6.07 Å². The van der Waals surface area contributed by atoms with E-state index in [0.29, 0.717) is 0 Å². The number of hydrogen-bond acceptors (Lipinski definition) is 3. The highest BCUT2D eigenvalue weighted by Crippen LogP contribution is 2.31. The Bertz CT molecular complexity index is 233. The lowest BCUT2D eigenvalue weighted by molar-refractivity contribution is 0.349. The van der Waals surface area contributed by atoms with Crippen LogP contribution in [0.2, 0.25) is 0 Å². The fourth-order valence-corrected chi connectivity index (χ4v) is 1.66. The van der Waals surface area contributed by atoms with Gasteiger partial charge in [-0.2, -0.15) is 15.5 Å². The third-order valence-electron chi connectivity index (χ3n) is 2.93. The minimum atomic E-state index is -0.484. The Balaban J connectivity index is 2.61. The number of rotatable bonds is 3. The van der Waals surface area contributed by atoms with Crippen LogP contribution in [0.5, 0.6) is 0 Å². The molecule has 1 aliphatic rings. The van der Waals surface area contributed by atoms with Crippen LogP contribution in [0.1, 0.15) is 52.4 Å². The van der Waals surface area contributed by atoms with Crippen LogP contribution in [0.15, 0.2) is 10.2 Å². The molecular weight excluding hydrogens is 174 g/mol. The second-order valence-corrected chi connectivity index (χ2v) is 4.18. The van der Waals surface area contributed by atoms with Gasteiger partial charge in [0, 0.05) is 0 Å². The van der Waals surface area contributed by atoms with E-state index < -0.39 is 5.54 Å². The van der Waals surface area contributed by atoms with Gasteiger partial charge in [-0.05, 0) is 39.0 Å². The molecule has 1 saturated carbocycles. The van der Waals surface area contributed by atoms with Crippen LogP contribution in [-0.2, 0) is 0 Å². The van der Waals surface area contributed by atoms with E-state index >= 15 is 0 Å². The van der Waals surface area contributed by atoms with Gasteiger partial charge in [0.1, 0.15) is 0 Å². The van der Waals surface area contributed by atoms with Gasteiger partial charge >= 0.3 is 0 Å². The van der Waals surface area contributed by atoms with Crippen molar-refractivity contribution in [3.05, 3.63) is 0 Å². The van der Waals surface area contributed by atoms with Crippen LogP contribution in [0.25, 0.3) is 0 Å². The summed E-state index contributed by atoms with van der Waals surface area (Å²) in [5.41, 5.74) is -0.484. The average Bonchev–Trinajstić information content (AvgIpc) is 2.27. The average molecular weight is 193 g/mol. The van der Waals surface area contributed by atoms with Crippen molar-refractivity contribution in [3.63, 3.8) is 0 Å². The molecule has 0 aliphatic heterocycles. The zero-order valence-corrected chi connectivity index (χ0v) is 9.16. The third-order valence-corrected chi connectivity index (χ3v) is 2.93. The summed E-state index contributed by atoms with van der Waals surface area (Å²) in [4.78, 5) is 0. The molecule has 0 amide bonds. The topological polar surface area (TPSA) is 48.5 Å². The second kappa shape index (κ2) is 5.09. The molecule has 0 aromatic rings. The molecule has 1 aliphatic carbocycles. The van der Waals surface area contributed by atoms with Gasteiger partial charge in [-0.25, -0.2) is 0 Å². The van der Waals surface area contributed by atoms with E-state index in [1.54, 1.807) is 0 Å². The van der Waals surface area contributed by atoms with Gasteiger partial charge in [-0.15, -0.1) is 0 Å². The molecule has 14 heavy (non-hydrogen) atoms. The number of nitrogens with zero attached hydrogens (tertiary/aromatic N) is 3. The fourth-order valence-electron chi connectivity index (χ4n) is 1.66. The highest BCUT2D eigenvalue weighted by molar-refractivity contribution is 5.07. The Kier molecular flexibility index (Phi) is 4.06. The molecule has 0 aromatic carbocycles. The van der Waals surface area contributed by atoms with Crippen molar-refractivity contribution in [2.75, 3.05) is 0 Å². The van der Waals surface area contributed by atoms with Crippen molar-refractivity contribution < 1.29 is 0 Å². The SMILES string of the molecule is CCC(C)/N=N/C1(C#N)CCCCC1. The van der Waals surface area contributed by atoms with E-state index in [-0.39, 0.29) is 6.04 Å². The molecule has 3 nitrogen and oxygen atoms in total. The first-order valence-corrected chi connectivity index (χ1v) is 5.56. The molecule has 0 radical (unpaired) electrons. The summed E-state index contributed by atoms with van der Waals surface area (Å²) in [7, 11) is 0. The minimum Gasteiger partial charge on any atom is -0.196 e. The first-order valence-electron chi connectivity index (χ1n) is 5.56. The van der Waals surface area contributed by atoms with Crippen LogP contribution in [-0.4, -0.2) is 11.6 Å². The first-order chi connectivity index (χ1) is 6.72. The van der Waals surface area contributed by atoms with Crippen molar-refractivity contribution in [2.45, 2.75) is 64.0 Å². The summed E-state index contributed by atoms with van der Waals surface area (Å²) in [5, 5.41) is 17.6. The number of azo groups is 1. The van der Waals surface area contributed by atoms with Crippen molar-refractivity contribution >= 4 is 0 Å². The third kappa shape index (κ3) is 2.80. The summed E-state index contributed by atoms with van der Waals surface area (Å²) in [5.74, 6) is 0. The monoisotopic (exact) mass is 193 g/mol. The zero-order chi connectivity index (χ0) is 10.4. The largest absolute Gasteiger partial charge is 0.196 e. The molecule has 1 rings (SSSR count). The summed E-state index contributed by atoms with van der Waals surface area (Å²) in [6.07, 6.45) is 6.25. The molecule has 0 spiro atoms. The standard InChI is InChI=1S/C11H19N3/c1-3-10(2)13-14-11(9-12)7-5-4-6-8-11/h10H,3-8H2,1-2H3/b14-13+. The summed E-state index contributed by atoms with van der Waals surface area (Å²) in [6.45, 7) is 4.13. The Morgan fingerprint density at radius 1 is 1.36 bits per heavy atom. The molecule has 0 saturated heterocycles. The van der Waals surface area contributed by atoms with Crippen LogP contribution in [0, 0.1) is 11.3 Å². The van der Waals surface area contributed by atoms with Crippen LogP contribution < -0.4 is 0 Å². The summed E-state index contributed by atoms with van der Waals surface area (Å²) >= 11 is 0. The first kappa shape index (κ1) is 11.2. The highest BCUT2D eigenvalue weighted by Gasteiger charge is 2.31. The maximum Gasteiger partial charge on any atom is 0.167 e. The predicted octanol–water partition coefficient (Wildman–Crippen LogP) is 3.46. The quantitative estimate of drug-likeness (QED) is 0.633. The fraction of sp³-hybridized carbons (Fsp3) is 0.909. The molecule has 0 N–H and O–H groups in total. The molecule has 78 valence electrons. The van der Waals surface area contributed by atoms with Crippen molar-refractivity contribution in [2.24, 2.45) is 10.2 Å². The van der Waals surface area contributed by atoms with E-state index in [4.69, 9.17) is 5.26 Å². The van der Waals surface area contributed by atoms with E-state index in [2.05, 4.69) is 23.2 Å². The molecule has 0 heterocycles. The van der Waals surface area contributed by atoms with Gasteiger partial charge in [0.25, 0.3) is 0 Å². The number of nitriles is 1. The molecule has 0 aromatic heterocycles. The zero-order valence-electron chi connectivity index (χ0n) is 9.16. The van der Waals surface area contributed by atoms with Crippen LogP contribution >= 0.6 is 0 Å². The minimum absolute atomic E-state index is 0.252. The van der Waals surface area contributed by atoms with Gasteiger partial charge in [0.15, 0.2) is 5.54 Å². The lowest BCUT2D eigenvalue weighted by Gasteiger charge is -2.25. The van der Waals surface area contributed by atoms with Gasteiger partial charge in [0.2, 0.25) is 0 Å². The smallest absolute Gasteiger partial charge is 0.167 e. The van der Waals surface area contributed by atoms with E-state index in [9.17, 15) is 0 Å². The maximum absolute atomic E-state index is 9.12. The van der Waals surface area contributed by atoms with Crippen molar-refractivity contribution in [1.29, 1.82) is 5.26 Å². The summed E-state index contributed by atoms with van der Waals surface area (Å²) < 4.78 is 0. The van der Waals surface area contributed by atoms with E-state index in [1.165, 1.54) is 6.42 Å². The normalized spacial score (nSPS) is 23.2. The lowest BCUT2D eigenvalue weighted by atomic mass is 9.84. The second-order valence-electron chi connectivity index (χ2n) is 4.18. The lowest BCUT2D eigenvalue weighted by Crippen LogP contribution is -2.27. The molecule has 1 fully saturated rings. The Labute approximate surface area is 86.2 Å². The molecular formula is C11H19N3. The van der Waals surface area contributed by atoms with Gasteiger partial charge in [0.05, 0.1) is 12.1 Å².